The van der Waals surface area contributed by atoms with Crippen molar-refractivity contribution in [2.75, 3.05) is 7.11 Å². The summed E-state index contributed by atoms with van der Waals surface area (Å²) < 4.78 is 5.15. The second kappa shape index (κ2) is 6.72. The number of methoxy groups -OCH3 is 1. The van der Waals surface area contributed by atoms with Crippen molar-refractivity contribution in [3.8, 4) is 17.0 Å². The first-order valence-corrected chi connectivity index (χ1v) is 8.43. The summed E-state index contributed by atoms with van der Waals surface area (Å²) in [6.07, 6.45) is 0. The molecule has 0 fully saturated rings. The molecule has 3 rings (SSSR count). The Hall–Kier alpha value is -2.18. The van der Waals surface area contributed by atoms with Crippen molar-refractivity contribution >= 4 is 28.6 Å². The summed E-state index contributed by atoms with van der Waals surface area (Å²) >= 11 is 2.97. The van der Waals surface area contributed by atoms with Crippen molar-refractivity contribution in [1.82, 2.24) is 10.3 Å². The maximum atomic E-state index is 11.9. The molecular formula is C16H14N2O2S2. The highest BCUT2D eigenvalue weighted by atomic mass is 32.1. The van der Waals surface area contributed by atoms with E-state index < -0.39 is 0 Å². The molecule has 0 saturated heterocycles. The van der Waals surface area contributed by atoms with E-state index in [1.165, 1.54) is 22.7 Å². The average molecular weight is 330 g/mol. The molecule has 22 heavy (non-hydrogen) atoms. The van der Waals surface area contributed by atoms with E-state index in [2.05, 4.69) is 10.3 Å². The fourth-order valence-corrected chi connectivity index (χ4v) is 3.32. The Morgan fingerprint density at radius 1 is 1.23 bits per heavy atom. The van der Waals surface area contributed by atoms with Gasteiger partial charge in [-0.1, -0.05) is 6.07 Å². The van der Waals surface area contributed by atoms with Gasteiger partial charge < -0.3 is 10.1 Å². The number of ether oxygens (including phenoxy) is 1. The second-order valence-corrected chi connectivity index (χ2v) is 6.41. The number of aromatic nitrogens is 1. The number of nitrogens with zero attached hydrogens (tertiary/aromatic N) is 1. The van der Waals surface area contributed by atoms with E-state index in [-0.39, 0.29) is 5.91 Å². The first-order chi connectivity index (χ1) is 10.8. The topological polar surface area (TPSA) is 51.2 Å². The Morgan fingerprint density at radius 2 is 2.05 bits per heavy atom. The molecular weight excluding hydrogens is 316 g/mol. The van der Waals surface area contributed by atoms with Crippen molar-refractivity contribution in [2.24, 2.45) is 0 Å². The molecule has 1 aromatic carbocycles. The van der Waals surface area contributed by atoms with E-state index >= 15 is 0 Å². The predicted octanol–water partition coefficient (Wildman–Crippen LogP) is 3.81. The minimum absolute atomic E-state index is 0.0591. The van der Waals surface area contributed by atoms with Crippen LogP contribution >= 0.6 is 22.7 Å². The lowest BCUT2D eigenvalue weighted by Crippen LogP contribution is -2.21. The Morgan fingerprint density at radius 3 is 2.73 bits per heavy atom. The molecule has 3 aromatic rings. The fraction of sp³-hybridized carbons (Fsp3) is 0.125. The molecule has 112 valence electrons. The van der Waals surface area contributed by atoms with E-state index in [9.17, 15) is 4.79 Å². The number of amides is 1. The number of thiazole rings is 1. The van der Waals surface area contributed by atoms with Crippen LogP contribution in [-0.4, -0.2) is 18.0 Å². The zero-order valence-electron chi connectivity index (χ0n) is 11.9. The van der Waals surface area contributed by atoms with Gasteiger partial charge in [0, 0.05) is 10.9 Å². The van der Waals surface area contributed by atoms with Gasteiger partial charge in [-0.2, -0.15) is 0 Å². The number of hydrogen-bond donors (Lipinski definition) is 1. The lowest BCUT2D eigenvalue weighted by Gasteiger charge is -2.01. The van der Waals surface area contributed by atoms with Crippen LogP contribution in [0.4, 0.5) is 0 Å². The van der Waals surface area contributed by atoms with Crippen molar-refractivity contribution in [1.29, 1.82) is 0 Å². The van der Waals surface area contributed by atoms with Crippen LogP contribution in [0.5, 0.6) is 5.75 Å². The van der Waals surface area contributed by atoms with Crippen LogP contribution in [0.2, 0.25) is 0 Å². The summed E-state index contributed by atoms with van der Waals surface area (Å²) in [6.45, 7) is 0.442. The van der Waals surface area contributed by atoms with E-state index in [1.54, 1.807) is 7.11 Å². The number of rotatable bonds is 5. The maximum absolute atomic E-state index is 11.9. The Balaban J connectivity index is 1.64. The highest BCUT2D eigenvalue weighted by molar-refractivity contribution is 7.12. The molecule has 0 radical (unpaired) electrons. The molecule has 1 N–H and O–H groups in total. The summed E-state index contributed by atoms with van der Waals surface area (Å²) in [5.41, 5.74) is 1.95. The van der Waals surface area contributed by atoms with Crippen LogP contribution in [0.3, 0.4) is 0 Å². The fourth-order valence-electron chi connectivity index (χ4n) is 1.94. The molecule has 2 heterocycles. The second-order valence-electron chi connectivity index (χ2n) is 4.51. The van der Waals surface area contributed by atoms with Gasteiger partial charge in [0.1, 0.15) is 10.8 Å². The van der Waals surface area contributed by atoms with Crippen molar-refractivity contribution in [2.45, 2.75) is 6.54 Å². The van der Waals surface area contributed by atoms with Crippen LogP contribution in [0, 0.1) is 0 Å². The largest absolute Gasteiger partial charge is 0.497 e. The monoisotopic (exact) mass is 330 g/mol. The van der Waals surface area contributed by atoms with Gasteiger partial charge in [0.25, 0.3) is 5.91 Å². The normalized spacial score (nSPS) is 10.4. The molecule has 4 nitrogen and oxygen atoms in total. The Labute approximate surface area is 136 Å². The first-order valence-electron chi connectivity index (χ1n) is 6.67. The molecule has 0 saturated carbocycles. The molecule has 0 bridgehead atoms. The van der Waals surface area contributed by atoms with Gasteiger partial charge >= 0.3 is 0 Å². The van der Waals surface area contributed by atoms with Crippen LogP contribution in [0.15, 0.2) is 47.2 Å². The van der Waals surface area contributed by atoms with Gasteiger partial charge in [-0.25, -0.2) is 4.98 Å². The van der Waals surface area contributed by atoms with E-state index in [4.69, 9.17) is 4.74 Å². The van der Waals surface area contributed by atoms with Gasteiger partial charge in [0.05, 0.1) is 24.2 Å². The van der Waals surface area contributed by atoms with Gasteiger partial charge in [-0.3, -0.25) is 4.79 Å². The standard InChI is InChI=1S/C16H14N2O2S2/c1-20-12-6-4-11(5-7-12)13-10-22-15(18-13)9-17-16(19)14-3-2-8-21-14/h2-8,10H,9H2,1H3,(H,17,19). The van der Waals surface area contributed by atoms with Crippen LogP contribution in [0.25, 0.3) is 11.3 Å². The molecule has 0 spiro atoms. The average Bonchev–Trinajstić information content (AvgIpc) is 3.24. The van der Waals surface area contributed by atoms with Crippen molar-refractivity contribution in [3.63, 3.8) is 0 Å². The SMILES string of the molecule is COc1ccc(-c2csc(CNC(=O)c3cccs3)n2)cc1. The lowest BCUT2D eigenvalue weighted by atomic mass is 10.2. The number of benzene rings is 1. The van der Waals surface area contributed by atoms with Gasteiger partial charge in [-0.15, -0.1) is 22.7 Å². The minimum atomic E-state index is -0.0591. The highest BCUT2D eigenvalue weighted by Crippen LogP contribution is 2.24. The summed E-state index contributed by atoms with van der Waals surface area (Å²) in [4.78, 5) is 17.2. The molecule has 1 amide bonds. The molecule has 2 aromatic heterocycles. The maximum Gasteiger partial charge on any atom is 0.261 e. The molecule has 0 atom stereocenters. The number of nitrogens with one attached hydrogen (secondary N) is 1. The third-order valence-electron chi connectivity index (χ3n) is 3.08. The summed E-state index contributed by atoms with van der Waals surface area (Å²) in [7, 11) is 1.65. The van der Waals surface area contributed by atoms with Crippen molar-refractivity contribution in [3.05, 3.63) is 57.0 Å². The number of thiophene rings is 1. The Bertz CT molecular complexity index is 749. The van der Waals surface area contributed by atoms with Crippen LogP contribution in [-0.2, 0) is 6.54 Å². The van der Waals surface area contributed by atoms with Gasteiger partial charge in [0.2, 0.25) is 0 Å². The first kappa shape index (κ1) is 14.7. The van der Waals surface area contributed by atoms with E-state index in [0.717, 1.165) is 22.0 Å². The minimum Gasteiger partial charge on any atom is -0.497 e. The number of carbonyl (C=O) groups excluding carboxylic acids is 1. The molecule has 6 heteroatoms. The van der Waals surface area contributed by atoms with Crippen LogP contribution < -0.4 is 10.1 Å². The van der Waals surface area contributed by atoms with Crippen molar-refractivity contribution < 1.29 is 9.53 Å². The smallest absolute Gasteiger partial charge is 0.261 e. The zero-order valence-corrected chi connectivity index (χ0v) is 13.5. The third-order valence-corrected chi connectivity index (χ3v) is 4.80. The van der Waals surface area contributed by atoms with E-state index in [1.807, 2.05) is 47.2 Å². The molecule has 0 aliphatic carbocycles. The molecule has 0 unspecified atom stereocenters. The van der Waals surface area contributed by atoms with Crippen LogP contribution in [0.1, 0.15) is 14.7 Å². The predicted molar refractivity (Wildman–Crippen MR) is 89.6 cm³/mol. The number of hydrogen-bond acceptors (Lipinski definition) is 5. The Kier molecular flexibility index (Phi) is 4.50. The van der Waals surface area contributed by atoms with E-state index in [0.29, 0.717) is 11.4 Å². The quantitative estimate of drug-likeness (QED) is 0.774. The summed E-state index contributed by atoms with van der Waals surface area (Å²) in [6, 6.07) is 11.4. The number of carbonyl (C=O) groups is 1. The van der Waals surface area contributed by atoms with Gasteiger partial charge in [0.15, 0.2) is 0 Å². The summed E-state index contributed by atoms with van der Waals surface area (Å²) in [5, 5.41) is 7.65. The van der Waals surface area contributed by atoms with Gasteiger partial charge in [-0.05, 0) is 35.7 Å². The summed E-state index contributed by atoms with van der Waals surface area (Å²) in [5.74, 6) is 0.763. The molecule has 0 aliphatic heterocycles. The highest BCUT2D eigenvalue weighted by Gasteiger charge is 2.09. The third kappa shape index (κ3) is 3.35. The molecule has 0 aliphatic rings. The zero-order chi connectivity index (χ0) is 15.4. The lowest BCUT2D eigenvalue weighted by molar-refractivity contribution is 0.0955.